The van der Waals surface area contributed by atoms with Crippen LogP contribution in [-0.2, 0) is 14.3 Å². The number of hydrogen-bond donors (Lipinski definition) is 3. The maximum absolute atomic E-state index is 12.2. The summed E-state index contributed by atoms with van der Waals surface area (Å²) in [7, 11) is 0. The average Bonchev–Trinajstić information content (AvgIpc) is 3.68. The lowest BCUT2D eigenvalue weighted by Crippen LogP contribution is -2.41. The van der Waals surface area contributed by atoms with E-state index in [1.165, 1.54) is 0 Å². The van der Waals surface area contributed by atoms with E-state index in [4.69, 9.17) is 9.47 Å². The van der Waals surface area contributed by atoms with Gasteiger partial charge in [0.25, 0.3) is 0 Å². The van der Waals surface area contributed by atoms with Gasteiger partial charge >= 0.3 is 18.2 Å². The fraction of sp³-hybridized carbons (Fsp3) is 0.750. The second kappa shape index (κ2) is 12.9. The fourth-order valence-electron chi connectivity index (χ4n) is 6.06. The predicted molar refractivity (Wildman–Crippen MR) is 133 cm³/mol. The molecule has 8 nitrogen and oxygen atoms in total. The van der Waals surface area contributed by atoms with Gasteiger partial charge in [0.15, 0.2) is 0 Å². The van der Waals surface area contributed by atoms with Gasteiger partial charge in [-0.1, -0.05) is 0 Å². The minimum Gasteiger partial charge on any atom is -0.480 e. The van der Waals surface area contributed by atoms with E-state index in [1.54, 1.807) is 0 Å². The van der Waals surface area contributed by atoms with Gasteiger partial charge < -0.3 is 25.2 Å². The second-order valence-electron chi connectivity index (χ2n) is 10.5. The number of unbranched alkanes of at least 4 members (excludes halogenated alkanes) is 1. The Morgan fingerprint density at radius 1 is 0.750 bits per heavy atom. The van der Waals surface area contributed by atoms with Crippen LogP contribution in [0.1, 0.15) is 70.6 Å². The van der Waals surface area contributed by atoms with Crippen molar-refractivity contribution in [1.29, 1.82) is 0 Å². The quantitative estimate of drug-likeness (QED) is 0.294. The molecular formula is C28H38N2O6. The van der Waals surface area contributed by atoms with Gasteiger partial charge in [0.1, 0.15) is 6.04 Å². The number of carbonyl (C=O) groups excluding carboxylic acids is 2. The molecule has 2 amide bonds. The highest BCUT2D eigenvalue weighted by Crippen LogP contribution is 2.53. The van der Waals surface area contributed by atoms with E-state index in [2.05, 4.69) is 34.3 Å². The first-order valence-electron chi connectivity index (χ1n) is 13.5. The van der Waals surface area contributed by atoms with Crippen LogP contribution < -0.4 is 10.6 Å². The second-order valence-corrected chi connectivity index (χ2v) is 10.5. The summed E-state index contributed by atoms with van der Waals surface area (Å²) in [5.41, 5.74) is 0. The molecule has 0 radical (unpaired) electrons. The summed E-state index contributed by atoms with van der Waals surface area (Å²) in [5, 5.41) is 14.7. The summed E-state index contributed by atoms with van der Waals surface area (Å²) >= 11 is 0. The van der Waals surface area contributed by atoms with Crippen LogP contribution in [0.3, 0.4) is 0 Å². The Balaban J connectivity index is 1.04. The molecule has 2 fully saturated rings. The molecule has 0 spiro atoms. The molecule has 4 aliphatic rings. The number of ether oxygens (including phenoxy) is 2. The van der Waals surface area contributed by atoms with Gasteiger partial charge in [-0.05, 0) is 80.5 Å². The summed E-state index contributed by atoms with van der Waals surface area (Å²) in [6.45, 7) is 1.18. The highest BCUT2D eigenvalue weighted by molar-refractivity contribution is 5.79. The number of rotatable bonds is 11. The Bertz CT molecular complexity index is 892. The van der Waals surface area contributed by atoms with Crippen LogP contribution in [0.25, 0.3) is 0 Å². The molecule has 0 bridgehead atoms. The minimum absolute atomic E-state index is 0.265. The lowest BCUT2D eigenvalue weighted by atomic mass is 10.1. The summed E-state index contributed by atoms with van der Waals surface area (Å²) in [6, 6.07) is -1.01. The molecule has 36 heavy (non-hydrogen) atoms. The number of carboxylic acid groups (broad SMARTS) is 1. The van der Waals surface area contributed by atoms with E-state index in [1.807, 2.05) is 0 Å². The van der Waals surface area contributed by atoms with E-state index in [-0.39, 0.29) is 6.42 Å². The lowest BCUT2D eigenvalue weighted by molar-refractivity contribution is -0.139. The Kier molecular flexibility index (Phi) is 9.39. The van der Waals surface area contributed by atoms with Crippen LogP contribution in [-0.4, -0.2) is 49.1 Å². The highest BCUT2D eigenvalue weighted by atomic mass is 16.6. The molecule has 0 aromatic heterocycles. The van der Waals surface area contributed by atoms with Gasteiger partial charge in [-0.2, -0.15) is 0 Å². The van der Waals surface area contributed by atoms with Crippen LogP contribution in [0.4, 0.5) is 9.59 Å². The molecule has 0 aromatic rings. The largest absolute Gasteiger partial charge is 0.480 e. The number of carboxylic acids is 1. The Morgan fingerprint density at radius 3 is 1.69 bits per heavy atom. The first kappa shape index (κ1) is 26.2. The van der Waals surface area contributed by atoms with Gasteiger partial charge in [-0.15, -0.1) is 23.7 Å². The standard InChI is InChI=1S/C28H38N2O6/c31-26(32)25(30-28(34)36-18-24-21-13-7-3-4-8-14-22(21)24)15-9-10-16-29-27(33)35-17-23-19-11-5-1-2-6-12-20(19)23/h19-25H,5-18H2,(H,29,33)(H,30,34)(H,31,32)/t19-,20+,21-,22+,23-,24-,25?. The van der Waals surface area contributed by atoms with Gasteiger partial charge in [-0.25, -0.2) is 14.4 Å². The van der Waals surface area contributed by atoms with E-state index >= 15 is 0 Å². The number of nitrogens with one attached hydrogen (secondary N) is 2. The molecule has 2 saturated carbocycles. The molecule has 7 atom stereocenters. The first-order chi connectivity index (χ1) is 17.5. The number of amides is 2. The molecule has 0 aliphatic heterocycles. The molecule has 1 unspecified atom stereocenters. The summed E-state index contributed by atoms with van der Waals surface area (Å²) in [5.74, 6) is 14.8. The summed E-state index contributed by atoms with van der Waals surface area (Å²) < 4.78 is 10.7. The number of fused-ring (bicyclic) bond motifs is 2. The molecule has 8 heteroatoms. The molecule has 0 aromatic carbocycles. The van der Waals surface area contributed by atoms with Gasteiger partial charge in [0.2, 0.25) is 0 Å². The molecule has 196 valence electrons. The van der Waals surface area contributed by atoms with E-state index < -0.39 is 24.2 Å². The van der Waals surface area contributed by atoms with Crippen molar-refractivity contribution >= 4 is 18.2 Å². The first-order valence-corrected chi connectivity index (χ1v) is 13.5. The van der Waals surface area contributed by atoms with Crippen molar-refractivity contribution in [3.63, 3.8) is 0 Å². The molecule has 3 N–H and O–H groups in total. The van der Waals surface area contributed by atoms with Crippen molar-refractivity contribution in [2.75, 3.05) is 19.8 Å². The molecular weight excluding hydrogens is 460 g/mol. The van der Waals surface area contributed by atoms with Gasteiger partial charge in [-0.3, -0.25) is 0 Å². The monoisotopic (exact) mass is 498 g/mol. The summed E-state index contributed by atoms with van der Waals surface area (Å²) in [4.78, 5) is 35.7. The van der Waals surface area contributed by atoms with Gasteiger partial charge in [0, 0.05) is 32.2 Å². The van der Waals surface area contributed by atoms with Crippen molar-refractivity contribution in [2.24, 2.45) is 35.5 Å². The predicted octanol–water partition coefficient (Wildman–Crippen LogP) is 3.94. The van der Waals surface area contributed by atoms with Gasteiger partial charge in [0.05, 0.1) is 13.2 Å². The van der Waals surface area contributed by atoms with Crippen LogP contribution in [0.15, 0.2) is 0 Å². The normalized spacial score (nSPS) is 30.3. The lowest BCUT2D eigenvalue weighted by Gasteiger charge is -2.15. The van der Waals surface area contributed by atoms with Crippen LogP contribution in [0.5, 0.6) is 0 Å². The number of alkyl carbamates (subject to hydrolysis) is 2. The molecule has 0 saturated heterocycles. The average molecular weight is 499 g/mol. The van der Waals surface area contributed by atoms with Crippen molar-refractivity contribution < 1.29 is 29.0 Å². The highest BCUT2D eigenvalue weighted by Gasteiger charge is 2.50. The number of carbonyl (C=O) groups is 3. The van der Waals surface area contributed by atoms with E-state index in [0.717, 1.165) is 51.4 Å². The Morgan fingerprint density at radius 2 is 1.22 bits per heavy atom. The Labute approximate surface area is 213 Å². The number of aliphatic carboxylic acids is 1. The third-order valence-corrected chi connectivity index (χ3v) is 8.27. The summed E-state index contributed by atoms with van der Waals surface area (Å²) in [6.07, 6.45) is 8.23. The molecule has 4 rings (SSSR count). The third-order valence-electron chi connectivity index (χ3n) is 8.27. The van der Waals surface area contributed by atoms with Crippen LogP contribution in [0.2, 0.25) is 0 Å². The zero-order chi connectivity index (χ0) is 25.3. The zero-order valence-corrected chi connectivity index (χ0v) is 20.9. The number of hydrogen-bond acceptors (Lipinski definition) is 5. The SMILES string of the molecule is O=C(NCCCCC(NC(=O)OC[C@@H]1[C@@H]2CCC#CCC[C@@H]21)C(=O)O)OC[C@@H]1[C@@H]2CCC#CCC[C@@H]21. The van der Waals surface area contributed by atoms with E-state index in [9.17, 15) is 19.5 Å². The smallest absolute Gasteiger partial charge is 0.407 e. The minimum atomic E-state index is -1.09. The zero-order valence-electron chi connectivity index (χ0n) is 20.9. The maximum atomic E-state index is 12.2. The van der Waals surface area contributed by atoms with Crippen molar-refractivity contribution in [1.82, 2.24) is 10.6 Å². The molecule has 4 aliphatic carbocycles. The Hall–Kier alpha value is -2.87. The maximum Gasteiger partial charge on any atom is 0.407 e. The molecule has 0 heterocycles. The topological polar surface area (TPSA) is 114 Å². The van der Waals surface area contributed by atoms with Crippen molar-refractivity contribution in [3.05, 3.63) is 0 Å². The van der Waals surface area contributed by atoms with Crippen molar-refractivity contribution in [2.45, 2.75) is 76.7 Å². The third kappa shape index (κ3) is 7.56. The van der Waals surface area contributed by atoms with Crippen LogP contribution in [0, 0.1) is 59.2 Å². The van der Waals surface area contributed by atoms with Crippen LogP contribution >= 0.6 is 0 Å². The fourth-order valence-corrected chi connectivity index (χ4v) is 6.06. The van der Waals surface area contributed by atoms with E-state index in [0.29, 0.717) is 68.1 Å². The van der Waals surface area contributed by atoms with Crippen molar-refractivity contribution in [3.8, 4) is 23.7 Å².